The van der Waals surface area contributed by atoms with Crippen LogP contribution >= 0.6 is 11.6 Å². The first-order valence-electron chi connectivity index (χ1n) is 11.5. The number of pyridine rings is 1. The summed E-state index contributed by atoms with van der Waals surface area (Å²) in [7, 11) is 0. The summed E-state index contributed by atoms with van der Waals surface area (Å²) in [6, 6.07) is 12.4. The Morgan fingerprint density at radius 2 is 1.77 bits per heavy atom. The lowest BCUT2D eigenvalue weighted by molar-refractivity contribution is -0.132. The molecule has 0 aliphatic carbocycles. The molecule has 1 N–H and O–H groups in total. The van der Waals surface area contributed by atoms with E-state index < -0.39 is 5.54 Å². The van der Waals surface area contributed by atoms with Crippen molar-refractivity contribution in [3.63, 3.8) is 0 Å². The van der Waals surface area contributed by atoms with Crippen molar-refractivity contribution in [3.8, 4) is 0 Å². The molecule has 35 heavy (non-hydrogen) atoms. The second-order valence-electron chi connectivity index (χ2n) is 9.26. The first kappa shape index (κ1) is 24.6. The molecule has 2 aromatic rings. The number of hydrogen-bond acceptors (Lipinski definition) is 6. The van der Waals surface area contributed by atoms with Crippen LogP contribution in [0.15, 0.2) is 53.7 Å². The Bertz CT molecular complexity index is 1240. The Balaban J connectivity index is 1.45. The molecule has 0 radical (unpaired) electrons. The highest BCUT2D eigenvalue weighted by Crippen LogP contribution is 2.25. The third kappa shape index (κ3) is 5.43. The van der Waals surface area contributed by atoms with Crippen LogP contribution in [0.25, 0.3) is 5.57 Å². The number of aromatic nitrogens is 1. The highest BCUT2D eigenvalue weighted by molar-refractivity contribution is 6.38. The molecule has 9 heteroatoms. The van der Waals surface area contributed by atoms with Gasteiger partial charge in [0, 0.05) is 44.3 Å². The van der Waals surface area contributed by atoms with Gasteiger partial charge in [-0.3, -0.25) is 19.4 Å². The van der Waals surface area contributed by atoms with Gasteiger partial charge in [-0.25, -0.2) is 4.98 Å². The van der Waals surface area contributed by atoms with E-state index in [0.717, 1.165) is 11.1 Å². The van der Waals surface area contributed by atoms with E-state index in [0.29, 0.717) is 37.6 Å². The first-order valence-corrected chi connectivity index (χ1v) is 11.9. The van der Waals surface area contributed by atoms with Crippen molar-refractivity contribution in [3.05, 3.63) is 70.6 Å². The lowest BCUT2D eigenvalue weighted by Crippen LogP contribution is -2.64. The molecule has 0 unspecified atom stereocenters. The molecule has 0 atom stereocenters. The monoisotopic (exact) mass is 493 g/mol. The molecular weight excluding hydrogens is 466 g/mol. The van der Waals surface area contributed by atoms with Gasteiger partial charge in [-0.1, -0.05) is 29.8 Å². The van der Waals surface area contributed by atoms with Gasteiger partial charge in [0.15, 0.2) is 11.6 Å². The highest BCUT2D eigenvalue weighted by atomic mass is 35.5. The predicted molar refractivity (Wildman–Crippen MR) is 135 cm³/mol. The average Bonchev–Trinajstić information content (AvgIpc) is 3.09. The zero-order valence-corrected chi connectivity index (χ0v) is 20.8. The molecule has 0 bridgehead atoms. The molecule has 0 saturated carbocycles. The third-order valence-electron chi connectivity index (χ3n) is 6.20. The summed E-state index contributed by atoms with van der Waals surface area (Å²) in [5, 5.41) is 3.75. The maximum atomic E-state index is 13.4. The topological polar surface area (TPSA) is 95.0 Å². The van der Waals surface area contributed by atoms with Crippen LogP contribution in [0, 0.1) is 0 Å². The molecule has 4 rings (SSSR count). The number of piperazine rings is 1. The molecule has 1 saturated heterocycles. The summed E-state index contributed by atoms with van der Waals surface area (Å²) in [6.07, 6.45) is 2.50. The van der Waals surface area contributed by atoms with Crippen LogP contribution in [-0.2, 0) is 4.79 Å². The molecule has 2 aliphatic heterocycles. The summed E-state index contributed by atoms with van der Waals surface area (Å²) in [5.41, 5.74) is 1.87. The molecule has 1 aromatic heterocycles. The van der Waals surface area contributed by atoms with Gasteiger partial charge in [0.2, 0.25) is 0 Å². The van der Waals surface area contributed by atoms with Gasteiger partial charge in [0.05, 0.1) is 5.54 Å². The number of hydrogen-bond donors (Lipinski definition) is 1. The Morgan fingerprint density at radius 3 is 2.49 bits per heavy atom. The number of carbonyl (C=O) groups is 3. The van der Waals surface area contributed by atoms with Crippen LogP contribution in [0.1, 0.15) is 53.7 Å². The fourth-order valence-electron chi connectivity index (χ4n) is 4.35. The molecule has 1 aromatic carbocycles. The lowest BCUT2D eigenvalue weighted by atomic mass is 9.98. The summed E-state index contributed by atoms with van der Waals surface area (Å²) in [4.78, 5) is 50.3. The molecule has 3 heterocycles. The van der Waals surface area contributed by atoms with E-state index in [1.165, 1.54) is 6.92 Å². The standard InChI is InChI=1S/C26H28ClN5O3/c1-17(33)21-8-5-9-22(30-21)24(34)31-12-13-32(26(2,3)16-31)25(35)23-28-11-10-19(15-29-23)18-6-4-7-20(27)14-18/h4-9,14-15H,10-13,16H2,1-3H3,(H,28,29). The van der Waals surface area contributed by atoms with E-state index in [1.807, 2.05) is 44.3 Å². The lowest BCUT2D eigenvalue weighted by Gasteiger charge is -2.47. The van der Waals surface area contributed by atoms with Crippen LogP contribution in [0.4, 0.5) is 0 Å². The SMILES string of the molecule is CC(=O)c1cccc(C(=O)N2CCN(C(=O)C3=NCCC(c4cccc(Cl)c4)=CN3)C(C)(C)C2)n1. The van der Waals surface area contributed by atoms with E-state index in [4.69, 9.17) is 11.6 Å². The number of Topliss-reactive ketones (excluding diaryl/α,β-unsaturated/α-hetero) is 1. The molecule has 182 valence electrons. The zero-order valence-electron chi connectivity index (χ0n) is 20.0. The Labute approximate surface area is 209 Å². The summed E-state index contributed by atoms with van der Waals surface area (Å²) < 4.78 is 0. The van der Waals surface area contributed by atoms with E-state index in [1.54, 1.807) is 28.0 Å². The number of nitrogens with zero attached hydrogens (tertiary/aromatic N) is 4. The number of carbonyl (C=O) groups excluding carboxylic acids is 3. The van der Waals surface area contributed by atoms with Crippen molar-refractivity contribution in [2.75, 3.05) is 26.2 Å². The van der Waals surface area contributed by atoms with Crippen LogP contribution in [0.3, 0.4) is 0 Å². The highest BCUT2D eigenvalue weighted by Gasteiger charge is 2.40. The number of benzene rings is 1. The molecular formula is C26H28ClN5O3. The predicted octanol–water partition coefficient (Wildman–Crippen LogP) is 3.43. The number of rotatable bonds is 4. The van der Waals surface area contributed by atoms with Crippen LogP contribution in [0.5, 0.6) is 0 Å². The minimum Gasteiger partial charge on any atom is -0.342 e. The number of halogens is 1. The van der Waals surface area contributed by atoms with E-state index in [-0.39, 0.29) is 34.8 Å². The first-order chi connectivity index (χ1) is 16.7. The Morgan fingerprint density at radius 1 is 1.03 bits per heavy atom. The minimum atomic E-state index is -0.626. The number of aliphatic imine (C=N–C) groups is 1. The molecule has 1 fully saturated rings. The largest absolute Gasteiger partial charge is 0.342 e. The van der Waals surface area contributed by atoms with Crippen molar-refractivity contribution in [1.29, 1.82) is 0 Å². The molecule has 8 nitrogen and oxygen atoms in total. The van der Waals surface area contributed by atoms with E-state index >= 15 is 0 Å². The molecule has 2 amide bonds. The van der Waals surface area contributed by atoms with Crippen molar-refractivity contribution >= 4 is 40.6 Å². The van der Waals surface area contributed by atoms with Gasteiger partial charge in [0.1, 0.15) is 11.4 Å². The number of ketones is 1. The second-order valence-corrected chi connectivity index (χ2v) is 9.70. The number of amidine groups is 1. The zero-order chi connectivity index (χ0) is 25.2. The van der Waals surface area contributed by atoms with Gasteiger partial charge in [-0.15, -0.1) is 0 Å². The number of amides is 2. The maximum absolute atomic E-state index is 13.4. The van der Waals surface area contributed by atoms with Crippen molar-refractivity contribution in [2.45, 2.75) is 32.7 Å². The van der Waals surface area contributed by atoms with Crippen LogP contribution < -0.4 is 5.32 Å². The van der Waals surface area contributed by atoms with E-state index in [2.05, 4.69) is 15.3 Å². The van der Waals surface area contributed by atoms with Crippen molar-refractivity contribution in [1.82, 2.24) is 20.1 Å². The van der Waals surface area contributed by atoms with Crippen LogP contribution in [-0.4, -0.2) is 69.9 Å². The second kappa shape index (κ2) is 10.00. The van der Waals surface area contributed by atoms with Crippen molar-refractivity contribution < 1.29 is 14.4 Å². The van der Waals surface area contributed by atoms with Gasteiger partial charge in [0.25, 0.3) is 11.8 Å². The molecule has 2 aliphatic rings. The number of nitrogens with one attached hydrogen (secondary N) is 1. The van der Waals surface area contributed by atoms with E-state index in [9.17, 15) is 14.4 Å². The fourth-order valence-corrected chi connectivity index (χ4v) is 4.54. The third-order valence-corrected chi connectivity index (χ3v) is 6.43. The Kier molecular flexibility index (Phi) is 7.03. The van der Waals surface area contributed by atoms with Gasteiger partial charge >= 0.3 is 0 Å². The quantitative estimate of drug-likeness (QED) is 0.658. The van der Waals surface area contributed by atoms with Gasteiger partial charge < -0.3 is 15.1 Å². The smallest absolute Gasteiger partial charge is 0.289 e. The van der Waals surface area contributed by atoms with Crippen molar-refractivity contribution in [2.24, 2.45) is 4.99 Å². The van der Waals surface area contributed by atoms with Gasteiger partial charge in [-0.05, 0) is 55.7 Å². The maximum Gasteiger partial charge on any atom is 0.289 e. The minimum absolute atomic E-state index is 0.195. The molecule has 0 spiro atoms. The summed E-state index contributed by atoms with van der Waals surface area (Å²) in [5.74, 6) is -0.375. The fraction of sp³-hybridized carbons (Fsp3) is 0.346. The Hall–Kier alpha value is -3.52. The summed E-state index contributed by atoms with van der Waals surface area (Å²) in [6.45, 7) is 6.79. The normalized spacial score (nSPS) is 17.6. The average molecular weight is 494 g/mol. The van der Waals surface area contributed by atoms with Crippen LogP contribution in [0.2, 0.25) is 5.02 Å². The van der Waals surface area contributed by atoms with Gasteiger partial charge in [-0.2, -0.15) is 0 Å². The summed E-state index contributed by atoms with van der Waals surface area (Å²) >= 11 is 6.13.